The molecule has 2 unspecified atom stereocenters. The summed E-state index contributed by atoms with van der Waals surface area (Å²) in [6.07, 6.45) is 3.10. The highest BCUT2D eigenvalue weighted by Gasteiger charge is 2.28. The van der Waals surface area contributed by atoms with Crippen molar-refractivity contribution in [2.75, 3.05) is 12.4 Å². The predicted octanol–water partition coefficient (Wildman–Crippen LogP) is 1.65. The molecule has 0 bridgehead atoms. The van der Waals surface area contributed by atoms with Gasteiger partial charge in [0.15, 0.2) is 0 Å². The maximum Gasteiger partial charge on any atom is 0.214 e. The van der Waals surface area contributed by atoms with Crippen LogP contribution in [0.4, 0.5) is 0 Å². The average molecular weight is 314 g/mol. The zero-order valence-corrected chi connectivity index (χ0v) is 12.2. The van der Waals surface area contributed by atoms with Gasteiger partial charge in [0, 0.05) is 10.9 Å². The molecular formula is C10H20BrNO3S. The lowest BCUT2D eigenvalue weighted by Crippen LogP contribution is -2.39. The van der Waals surface area contributed by atoms with Crippen LogP contribution in [-0.2, 0) is 14.8 Å². The van der Waals surface area contributed by atoms with Crippen molar-refractivity contribution in [2.45, 2.75) is 50.1 Å². The lowest BCUT2D eigenvalue weighted by molar-refractivity contribution is 0.0911. The van der Waals surface area contributed by atoms with Gasteiger partial charge in [0.05, 0.1) is 18.5 Å². The summed E-state index contributed by atoms with van der Waals surface area (Å²) < 4.78 is 31.4. The summed E-state index contributed by atoms with van der Waals surface area (Å²) in [5.74, 6) is 0.0431. The summed E-state index contributed by atoms with van der Waals surface area (Å²) in [4.78, 5) is 0.272. The largest absolute Gasteiger partial charge is 0.378 e. The molecule has 0 aromatic rings. The van der Waals surface area contributed by atoms with E-state index in [9.17, 15) is 8.42 Å². The molecule has 0 spiro atoms. The fourth-order valence-corrected chi connectivity index (χ4v) is 3.80. The van der Waals surface area contributed by atoms with Gasteiger partial charge in [0.25, 0.3) is 0 Å². The van der Waals surface area contributed by atoms with Crippen LogP contribution < -0.4 is 4.72 Å². The summed E-state index contributed by atoms with van der Waals surface area (Å²) in [7, 11) is -3.20. The minimum atomic E-state index is -3.20. The molecule has 0 amide bonds. The number of rotatable bonds is 6. The molecule has 16 heavy (non-hydrogen) atoms. The van der Waals surface area contributed by atoms with E-state index < -0.39 is 10.0 Å². The first-order chi connectivity index (χ1) is 7.41. The molecule has 1 aliphatic rings. The van der Waals surface area contributed by atoms with E-state index in [1.165, 1.54) is 0 Å². The van der Waals surface area contributed by atoms with Crippen LogP contribution in [0.3, 0.4) is 0 Å². The Kier molecular flexibility index (Phi) is 5.70. The average Bonchev–Trinajstić information content (AvgIpc) is 2.50. The van der Waals surface area contributed by atoms with E-state index >= 15 is 0 Å². The highest BCUT2D eigenvalue weighted by Crippen LogP contribution is 2.25. The number of nitrogens with one attached hydrogen (secondary N) is 1. The third kappa shape index (κ3) is 5.12. The number of hydrogen-bond acceptors (Lipinski definition) is 3. The summed E-state index contributed by atoms with van der Waals surface area (Å²) in [6.45, 7) is 4.05. The minimum absolute atomic E-state index is 0.0431. The van der Waals surface area contributed by atoms with Gasteiger partial charge in [-0.25, -0.2) is 13.1 Å². The number of hydrogen-bond donors (Lipinski definition) is 1. The molecule has 6 heteroatoms. The number of alkyl halides is 1. The van der Waals surface area contributed by atoms with Crippen LogP contribution >= 0.6 is 15.9 Å². The summed E-state index contributed by atoms with van der Waals surface area (Å²) in [5.41, 5.74) is 0. The molecule has 0 saturated heterocycles. The molecule has 1 fully saturated rings. The third-order valence-corrected chi connectivity index (χ3v) is 5.03. The molecule has 96 valence electrons. The van der Waals surface area contributed by atoms with Crippen LogP contribution in [-0.4, -0.2) is 37.8 Å². The van der Waals surface area contributed by atoms with Crippen molar-refractivity contribution in [2.24, 2.45) is 0 Å². The molecule has 0 radical (unpaired) electrons. The first-order valence-electron chi connectivity index (χ1n) is 5.66. The Labute approximate surface area is 106 Å². The first kappa shape index (κ1) is 14.4. The van der Waals surface area contributed by atoms with Crippen molar-refractivity contribution in [3.63, 3.8) is 0 Å². The zero-order chi connectivity index (χ0) is 12.2. The second-order valence-corrected chi connectivity index (χ2v) is 7.46. The van der Waals surface area contributed by atoms with Crippen LogP contribution in [0.5, 0.6) is 0 Å². The van der Waals surface area contributed by atoms with Crippen molar-refractivity contribution in [1.29, 1.82) is 0 Å². The molecule has 1 saturated carbocycles. The van der Waals surface area contributed by atoms with Crippen LogP contribution in [0.2, 0.25) is 0 Å². The molecule has 0 aromatic heterocycles. The van der Waals surface area contributed by atoms with E-state index in [0.29, 0.717) is 0 Å². The van der Waals surface area contributed by atoms with E-state index in [4.69, 9.17) is 4.74 Å². The third-order valence-electron chi connectivity index (χ3n) is 2.57. The van der Waals surface area contributed by atoms with Crippen LogP contribution in [0.25, 0.3) is 0 Å². The van der Waals surface area contributed by atoms with E-state index in [1.807, 2.05) is 13.8 Å². The Bertz CT molecular complexity index is 305. The van der Waals surface area contributed by atoms with Crippen molar-refractivity contribution in [3.05, 3.63) is 0 Å². The Morgan fingerprint density at radius 1 is 1.44 bits per heavy atom. The Balaban J connectivity index is 2.33. The number of halogens is 1. The van der Waals surface area contributed by atoms with Gasteiger partial charge in [-0.3, -0.25) is 0 Å². The number of sulfonamides is 1. The molecule has 1 N–H and O–H groups in total. The van der Waals surface area contributed by atoms with E-state index in [1.54, 1.807) is 0 Å². The van der Waals surface area contributed by atoms with Gasteiger partial charge < -0.3 is 4.74 Å². The standard InChI is InChI=1S/C10H20BrNO3S/c1-8(2)15-6-7-16(13,14)12-10-5-3-4-9(10)11/h8-10,12H,3-7H2,1-2H3. The molecule has 0 aliphatic heterocycles. The highest BCUT2D eigenvalue weighted by atomic mass is 79.9. The highest BCUT2D eigenvalue weighted by molar-refractivity contribution is 9.09. The van der Waals surface area contributed by atoms with Crippen molar-refractivity contribution in [3.8, 4) is 0 Å². The van der Waals surface area contributed by atoms with Crippen LogP contribution in [0, 0.1) is 0 Å². The smallest absolute Gasteiger partial charge is 0.214 e. The van der Waals surface area contributed by atoms with Crippen molar-refractivity contribution in [1.82, 2.24) is 4.72 Å². The van der Waals surface area contributed by atoms with Crippen molar-refractivity contribution >= 4 is 26.0 Å². The predicted molar refractivity (Wildman–Crippen MR) is 68.4 cm³/mol. The monoisotopic (exact) mass is 313 g/mol. The van der Waals surface area contributed by atoms with Gasteiger partial charge in [-0.05, 0) is 26.7 Å². The lowest BCUT2D eigenvalue weighted by atomic mass is 10.3. The Morgan fingerprint density at radius 3 is 2.62 bits per heavy atom. The molecule has 0 aromatic carbocycles. The summed E-state index contributed by atoms with van der Waals surface area (Å²) in [5, 5.41) is 0. The Morgan fingerprint density at radius 2 is 2.12 bits per heavy atom. The topological polar surface area (TPSA) is 55.4 Å². The van der Waals surface area contributed by atoms with Gasteiger partial charge in [0.1, 0.15) is 0 Å². The SMILES string of the molecule is CC(C)OCCS(=O)(=O)NC1CCCC1Br. The van der Waals surface area contributed by atoms with Crippen LogP contribution in [0.1, 0.15) is 33.1 Å². The fourth-order valence-electron chi connectivity index (χ4n) is 1.73. The van der Waals surface area contributed by atoms with Crippen molar-refractivity contribution < 1.29 is 13.2 Å². The minimum Gasteiger partial charge on any atom is -0.378 e. The molecular weight excluding hydrogens is 294 g/mol. The van der Waals surface area contributed by atoms with E-state index in [-0.39, 0.29) is 29.3 Å². The van der Waals surface area contributed by atoms with Gasteiger partial charge in [-0.1, -0.05) is 22.4 Å². The van der Waals surface area contributed by atoms with E-state index in [2.05, 4.69) is 20.7 Å². The maximum atomic E-state index is 11.7. The zero-order valence-electron chi connectivity index (χ0n) is 9.78. The second-order valence-electron chi connectivity index (χ2n) is 4.41. The van der Waals surface area contributed by atoms with Crippen LogP contribution in [0.15, 0.2) is 0 Å². The normalized spacial score (nSPS) is 26.5. The fraction of sp³-hybridized carbons (Fsp3) is 1.00. The summed E-state index contributed by atoms with van der Waals surface area (Å²) in [6, 6.07) is 0.0454. The molecule has 1 aliphatic carbocycles. The number of ether oxygens (including phenoxy) is 1. The maximum absolute atomic E-state index is 11.7. The van der Waals surface area contributed by atoms with Gasteiger partial charge >= 0.3 is 0 Å². The molecule has 1 rings (SSSR count). The molecule has 0 heterocycles. The molecule has 2 atom stereocenters. The lowest BCUT2D eigenvalue weighted by Gasteiger charge is -2.16. The molecule has 4 nitrogen and oxygen atoms in total. The van der Waals surface area contributed by atoms with Gasteiger partial charge in [0.2, 0.25) is 10.0 Å². The quantitative estimate of drug-likeness (QED) is 0.759. The first-order valence-corrected chi connectivity index (χ1v) is 8.23. The Hall–Kier alpha value is 0.350. The second kappa shape index (κ2) is 6.33. The van der Waals surface area contributed by atoms with Gasteiger partial charge in [-0.15, -0.1) is 0 Å². The van der Waals surface area contributed by atoms with Gasteiger partial charge in [-0.2, -0.15) is 0 Å². The van der Waals surface area contributed by atoms with E-state index in [0.717, 1.165) is 19.3 Å². The summed E-state index contributed by atoms with van der Waals surface area (Å²) >= 11 is 3.49.